The number of alkyl halides is 2. The third-order valence-corrected chi connectivity index (χ3v) is 3.14. The highest BCUT2D eigenvalue weighted by molar-refractivity contribution is 5.39. The lowest BCUT2D eigenvalue weighted by Crippen LogP contribution is -2.43. The zero-order chi connectivity index (χ0) is 11.7. The van der Waals surface area contributed by atoms with Gasteiger partial charge in [-0.2, -0.15) is 5.10 Å². The van der Waals surface area contributed by atoms with Crippen molar-refractivity contribution >= 4 is 5.69 Å². The molecular weight excluding hydrogens is 214 g/mol. The second kappa shape index (κ2) is 4.37. The van der Waals surface area contributed by atoms with Gasteiger partial charge in [0, 0.05) is 0 Å². The van der Waals surface area contributed by atoms with Crippen LogP contribution in [0.25, 0.3) is 0 Å². The Morgan fingerprint density at radius 2 is 2.38 bits per heavy atom. The fourth-order valence-electron chi connectivity index (χ4n) is 2.15. The Morgan fingerprint density at radius 1 is 1.62 bits per heavy atom. The van der Waals surface area contributed by atoms with Gasteiger partial charge in [0.05, 0.1) is 29.7 Å². The Labute approximate surface area is 92.8 Å². The van der Waals surface area contributed by atoms with Gasteiger partial charge in [-0.05, 0) is 26.3 Å². The number of nitrogens with zero attached hydrogens (tertiary/aromatic N) is 2. The zero-order valence-electron chi connectivity index (χ0n) is 9.16. The molecule has 16 heavy (non-hydrogen) atoms. The Bertz CT molecular complexity index is 364. The van der Waals surface area contributed by atoms with Gasteiger partial charge in [0.1, 0.15) is 0 Å². The SMILES string of the molecule is Cc1c(N)cnn1[C@H]1CCN[C@@H](C(F)F)C1. The number of nitrogens with one attached hydrogen (secondary N) is 1. The molecule has 1 aromatic heterocycles. The molecule has 3 N–H and O–H groups in total. The molecule has 2 atom stereocenters. The molecule has 1 aliphatic heterocycles. The van der Waals surface area contributed by atoms with Crippen LogP contribution < -0.4 is 11.1 Å². The van der Waals surface area contributed by atoms with E-state index in [0.29, 0.717) is 18.7 Å². The third-order valence-electron chi connectivity index (χ3n) is 3.14. The number of anilines is 1. The predicted molar refractivity (Wildman–Crippen MR) is 57.4 cm³/mol. The molecule has 2 heterocycles. The van der Waals surface area contributed by atoms with Crippen LogP contribution in [0.5, 0.6) is 0 Å². The van der Waals surface area contributed by atoms with Crippen LogP contribution in [0, 0.1) is 6.92 Å². The number of hydrogen-bond acceptors (Lipinski definition) is 3. The monoisotopic (exact) mass is 230 g/mol. The van der Waals surface area contributed by atoms with E-state index < -0.39 is 12.5 Å². The first-order chi connectivity index (χ1) is 7.59. The summed E-state index contributed by atoms with van der Waals surface area (Å²) in [5.74, 6) is 0. The molecular formula is C10H16F2N4. The van der Waals surface area contributed by atoms with Crippen LogP contribution >= 0.6 is 0 Å². The quantitative estimate of drug-likeness (QED) is 0.806. The van der Waals surface area contributed by atoms with E-state index in [-0.39, 0.29) is 6.04 Å². The van der Waals surface area contributed by atoms with Crippen molar-refractivity contribution < 1.29 is 8.78 Å². The van der Waals surface area contributed by atoms with Gasteiger partial charge in [0.2, 0.25) is 0 Å². The summed E-state index contributed by atoms with van der Waals surface area (Å²) in [6.07, 6.45) is 0.468. The summed E-state index contributed by atoms with van der Waals surface area (Å²) in [6, 6.07) is -0.707. The molecule has 0 aromatic carbocycles. The van der Waals surface area contributed by atoms with E-state index in [2.05, 4.69) is 10.4 Å². The highest BCUT2D eigenvalue weighted by atomic mass is 19.3. The molecule has 0 radical (unpaired) electrons. The maximum absolute atomic E-state index is 12.6. The minimum Gasteiger partial charge on any atom is -0.396 e. The van der Waals surface area contributed by atoms with Crippen molar-refractivity contribution in [3.8, 4) is 0 Å². The topological polar surface area (TPSA) is 55.9 Å². The van der Waals surface area contributed by atoms with Crippen molar-refractivity contribution in [2.75, 3.05) is 12.3 Å². The molecule has 0 bridgehead atoms. The molecule has 4 nitrogen and oxygen atoms in total. The summed E-state index contributed by atoms with van der Waals surface area (Å²) in [6.45, 7) is 2.46. The predicted octanol–water partition coefficient (Wildman–Crippen LogP) is 1.33. The normalized spacial score (nSPS) is 26.2. The van der Waals surface area contributed by atoms with Crippen LogP contribution in [0.4, 0.5) is 14.5 Å². The Hall–Kier alpha value is -1.17. The van der Waals surface area contributed by atoms with Crippen molar-refractivity contribution in [1.29, 1.82) is 0 Å². The van der Waals surface area contributed by atoms with Gasteiger partial charge >= 0.3 is 0 Å². The van der Waals surface area contributed by atoms with Crippen LogP contribution in [0.15, 0.2) is 6.20 Å². The van der Waals surface area contributed by atoms with E-state index in [9.17, 15) is 8.78 Å². The summed E-state index contributed by atoms with van der Waals surface area (Å²) in [4.78, 5) is 0. The molecule has 6 heteroatoms. The highest BCUT2D eigenvalue weighted by Gasteiger charge is 2.29. The van der Waals surface area contributed by atoms with Gasteiger partial charge in [-0.3, -0.25) is 4.68 Å². The summed E-state index contributed by atoms with van der Waals surface area (Å²) >= 11 is 0. The van der Waals surface area contributed by atoms with E-state index in [1.54, 1.807) is 10.9 Å². The zero-order valence-corrected chi connectivity index (χ0v) is 9.16. The smallest absolute Gasteiger partial charge is 0.253 e. The number of halogens is 2. The summed E-state index contributed by atoms with van der Waals surface area (Å²) in [7, 11) is 0. The number of rotatable bonds is 2. The lowest BCUT2D eigenvalue weighted by molar-refractivity contribution is 0.0716. The van der Waals surface area contributed by atoms with Crippen LogP contribution in [0.2, 0.25) is 0 Å². The van der Waals surface area contributed by atoms with E-state index in [0.717, 1.165) is 12.1 Å². The molecule has 1 saturated heterocycles. The molecule has 1 aromatic rings. The van der Waals surface area contributed by atoms with Crippen molar-refractivity contribution in [1.82, 2.24) is 15.1 Å². The van der Waals surface area contributed by atoms with E-state index in [1.165, 1.54) is 0 Å². The number of nitrogen functional groups attached to an aromatic ring is 1. The van der Waals surface area contributed by atoms with Crippen LogP contribution in [-0.2, 0) is 0 Å². The molecule has 1 aliphatic rings. The molecule has 1 fully saturated rings. The highest BCUT2D eigenvalue weighted by Crippen LogP contribution is 2.26. The number of piperidine rings is 1. The van der Waals surface area contributed by atoms with Gasteiger partial charge in [-0.1, -0.05) is 0 Å². The molecule has 0 amide bonds. The molecule has 0 unspecified atom stereocenters. The largest absolute Gasteiger partial charge is 0.396 e. The van der Waals surface area contributed by atoms with E-state index in [1.807, 2.05) is 6.92 Å². The van der Waals surface area contributed by atoms with Gasteiger partial charge < -0.3 is 11.1 Å². The van der Waals surface area contributed by atoms with Crippen LogP contribution in [0.3, 0.4) is 0 Å². The fourth-order valence-corrected chi connectivity index (χ4v) is 2.15. The minimum atomic E-state index is -2.32. The van der Waals surface area contributed by atoms with Gasteiger partial charge in [-0.25, -0.2) is 8.78 Å². The van der Waals surface area contributed by atoms with Gasteiger partial charge in [0.25, 0.3) is 6.43 Å². The lowest BCUT2D eigenvalue weighted by atomic mass is 9.99. The van der Waals surface area contributed by atoms with Gasteiger partial charge in [0.15, 0.2) is 0 Å². The summed E-state index contributed by atoms with van der Waals surface area (Å²) in [5, 5.41) is 6.97. The van der Waals surface area contributed by atoms with Gasteiger partial charge in [-0.15, -0.1) is 0 Å². The average molecular weight is 230 g/mol. The van der Waals surface area contributed by atoms with Crippen LogP contribution in [-0.4, -0.2) is 28.8 Å². The number of hydrogen-bond donors (Lipinski definition) is 2. The summed E-state index contributed by atoms with van der Waals surface area (Å²) in [5.41, 5.74) is 7.17. The minimum absolute atomic E-state index is 0.0255. The van der Waals surface area contributed by atoms with Crippen LogP contribution in [0.1, 0.15) is 24.6 Å². The average Bonchev–Trinajstić information content (AvgIpc) is 2.60. The second-order valence-corrected chi connectivity index (χ2v) is 4.20. The standard InChI is InChI=1S/C10H16F2N4/c1-6-8(13)5-15-16(6)7-2-3-14-9(4-7)10(11)12/h5,7,9-10,14H,2-4,13H2,1H3/t7-,9+/m0/s1. The van der Waals surface area contributed by atoms with Crippen molar-refractivity contribution in [3.63, 3.8) is 0 Å². The Balaban J connectivity index is 2.13. The molecule has 0 aliphatic carbocycles. The Kier molecular flexibility index (Phi) is 3.09. The maximum Gasteiger partial charge on any atom is 0.253 e. The van der Waals surface area contributed by atoms with Crippen molar-refractivity contribution in [2.24, 2.45) is 0 Å². The lowest BCUT2D eigenvalue weighted by Gasteiger charge is -2.30. The Morgan fingerprint density at radius 3 is 2.94 bits per heavy atom. The number of aromatic nitrogens is 2. The number of nitrogens with two attached hydrogens (primary N) is 1. The first kappa shape index (κ1) is 11.3. The molecule has 2 rings (SSSR count). The fraction of sp³-hybridized carbons (Fsp3) is 0.700. The first-order valence-corrected chi connectivity index (χ1v) is 5.40. The van der Waals surface area contributed by atoms with E-state index in [4.69, 9.17) is 5.73 Å². The summed E-state index contributed by atoms with van der Waals surface area (Å²) < 4.78 is 27.0. The van der Waals surface area contributed by atoms with E-state index >= 15 is 0 Å². The molecule has 0 spiro atoms. The molecule has 0 saturated carbocycles. The van der Waals surface area contributed by atoms with Crippen molar-refractivity contribution in [2.45, 2.75) is 38.3 Å². The third kappa shape index (κ3) is 2.02. The first-order valence-electron chi connectivity index (χ1n) is 5.40. The van der Waals surface area contributed by atoms with Crippen molar-refractivity contribution in [3.05, 3.63) is 11.9 Å². The second-order valence-electron chi connectivity index (χ2n) is 4.20. The molecule has 90 valence electrons. The maximum atomic E-state index is 12.6.